The van der Waals surface area contributed by atoms with Crippen LogP contribution in [0.5, 0.6) is 0 Å². The lowest BCUT2D eigenvalue weighted by molar-refractivity contribution is -0.135. The predicted octanol–water partition coefficient (Wildman–Crippen LogP) is -0.390. The Morgan fingerprint density at radius 3 is 3.07 bits per heavy atom. The number of nitrogens with one attached hydrogen (secondary N) is 2. The van der Waals surface area contributed by atoms with Gasteiger partial charge < -0.3 is 15.4 Å². The maximum Gasteiger partial charge on any atom is 0.255 e. The lowest BCUT2D eigenvalue weighted by Crippen LogP contribution is -2.65. The van der Waals surface area contributed by atoms with Crippen molar-refractivity contribution in [1.82, 2.24) is 9.97 Å². The van der Waals surface area contributed by atoms with Crippen molar-refractivity contribution >= 4 is 17.4 Å². The van der Waals surface area contributed by atoms with Gasteiger partial charge >= 0.3 is 0 Å². The molecule has 0 aliphatic carbocycles. The summed E-state index contributed by atoms with van der Waals surface area (Å²) in [6.07, 6.45) is 3.01. The second-order valence-electron chi connectivity index (χ2n) is 3.44. The molecule has 3 heterocycles. The lowest BCUT2D eigenvalue weighted by Gasteiger charge is -2.43. The number of aromatic nitrogens is 2. The quantitative estimate of drug-likeness (QED) is 0.585. The van der Waals surface area contributed by atoms with Crippen LogP contribution < -0.4 is 10.6 Å². The fraction of sp³-hybridized carbons (Fsp3) is 0.375. The van der Waals surface area contributed by atoms with Gasteiger partial charge in [0.2, 0.25) is 0 Å². The van der Waals surface area contributed by atoms with Crippen molar-refractivity contribution in [3.63, 3.8) is 0 Å². The zero-order chi connectivity index (χ0) is 9.60. The Labute approximate surface area is 79.7 Å². The number of amides is 1. The van der Waals surface area contributed by atoms with E-state index < -0.39 is 5.54 Å². The molecule has 0 atom stereocenters. The number of hydrogen-bond acceptors (Lipinski definition) is 5. The minimum absolute atomic E-state index is 0.0777. The molecule has 0 unspecified atom stereocenters. The summed E-state index contributed by atoms with van der Waals surface area (Å²) in [7, 11) is 0. The average molecular weight is 192 g/mol. The molecule has 0 saturated carbocycles. The molecule has 2 aliphatic heterocycles. The summed E-state index contributed by atoms with van der Waals surface area (Å²) < 4.78 is 5.03. The van der Waals surface area contributed by atoms with E-state index in [4.69, 9.17) is 4.74 Å². The van der Waals surface area contributed by atoms with Crippen LogP contribution in [0.25, 0.3) is 0 Å². The monoisotopic (exact) mass is 192 g/mol. The van der Waals surface area contributed by atoms with Crippen LogP contribution in [0.1, 0.15) is 0 Å². The molecular weight excluding hydrogens is 184 g/mol. The van der Waals surface area contributed by atoms with Crippen LogP contribution in [0.4, 0.5) is 11.5 Å². The largest absolute Gasteiger partial charge is 0.375 e. The zero-order valence-corrected chi connectivity index (χ0v) is 7.28. The molecule has 2 aliphatic rings. The van der Waals surface area contributed by atoms with E-state index in [0.717, 1.165) is 0 Å². The van der Waals surface area contributed by atoms with Crippen molar-refractivity contribution in [2.75, 3.05) is 23.8 Å². The van der Waals surface area contributed by atoms with Crippen LogP contribution in [0.3, 0.4) is 0 Å². The van der Waals surface area contributed by atoms with Gasteiger partial charge in [0.15, 0.2) is 11.4 Å². The van der Waals surface area contributed by atoms with Gasteiger partial charge in [0.1, 0.15) is 12.0 Å². The Hall–Kier alpha value is -1.69. The average Bonchev–Trinajstić information content (AvgIpc) is 2.14. The van der Waals surface area contributed by atoms with Gasteiger partial charge in [-0.15, -0.1) is 0 Å². The number of ether oxygens (including phenoxy) is 1. The van der Waals surface area contributed by atoms with E-state index >= 15 is 0 Å². The van der Waals surface area contributed by atoms with Crippen molar-refractivity contribution in [2.45, 2.75) is 5.54 Å². The van der Waals surface area contributed by atoms with Crippen molar-refractivity contribution in [1.29, 1.82) is 0 Å². The van der Waals surface area contributed by atoms with E-state index in [-0.39, 0.29) is 5.91 Å². The fourth-order valence-corrected chi connectivity index (χ4v) is 1.56. The van der Waals surface area contributed by atoms with Gasteiger partial charge in [-0.3, -0.25) is 4.79 Å². The van der Waals surface area contributed by atoms with Gasteiger partial charge in [0.05, 0.1) is 19.4 Å². The standard InChI is InChI=1S/C8H8N4O2/c13-7-8(2-14-3-8)12-6-5(11-7)1-9-4-10-6/h1,4H,2-3H2,(H,11,13)(H,9,10,12). The first-order valence-electron chi connectivity index (χ1n) is 4.28. The van der Waals surface area contributed by atoms with Crippen LogP contribution in [-0.2, 0) is 9.53 Å². The molecule has 72 valence electrons. The first-order valence-corrected chi connectivity index (χ1v) is 4.28. The number of rotatable bonds is 0. The molecule has 1 fully saturated rings. The van der Waals surface area contributed by atoms with E-state index in [9.17, 15) is 4.79 Å². The molecule has 1 spiro atoms. The highest BCUT2D eigenvalue weighted by atomic mass is 16.5. The topological polar surface area (TPSA) is 76.1 Å². The maximum absolute atomic E-state index is 11.7. The molecule has 3 rings (SSSR count). The Kier molecular flexibility index (Phi) is 1.33. The lowest BCUT2D eigenvalue weighted by atomic mass is 9.94. The molecule has 14 heavy (non-hydrogen) atoms. The third kappa shape index (κ3) is 0.856. The molecule has 1 amide bonds. The van der Waals surface area contributed by atoms with Gasteiger partial charge in [-0.1, -0.05) is 0 Å². The predicted molar refractivity (Wildman–Crippen MR) is 47.8 cm³/mol. The smallest absolute Gasteiger partial charge is 0.255 e. The molecule has 0 radical (unpaired) electrons. The third-order valence-electron chi connectivity index (χ3n) is 2.45. The van der Waals surface area contributed by atoms with Crippen molar-refractivity contribution in [2.24, 2.45) is 0 Å². The van der Waals surface area contributed by atoms with Crippen LogP contribution in [0.2, 0.25) is 0 Å². The highest BCUT2D eigenvalue weighted by Crippen LogP contribution is 2.31. The maximum atomic E-state index is 11.7. The second kappa shape index (κ2) is 2.42. The van der Waals surface area contributed by atoms with E-state index in [0.29, 0.717) is 24.7 Å². The second-order valence-corrected chi connectivity index (χ2v) is 3.44. The van der Waals surface area contributed by atoms with Crippen molar-refractivity contribution < 1.29 is 9.53 Å². The minimum atomic E-state index is -0.610. The van der Waals surface area contributed by atoms with E-state index in [1.54, 1.807) is 6.20 Å². The molecule has 0 bridgehead atoms. The van der Waals surface area contributed by atoms with Crippen molar-refractivity contribution in [3.05, 3.63) is 12.5 Å². The van der Waals surface area contributed by atoms with Crippen LogP contribution >= 0.6 is 0 Å². The highest BCUT2D eigenvalue weighted by molar-refractivity contribution is 6.05. The SMILES string of the molecule is O=C1Nc2cncnc2NC12COC2. The molecule has 1 saturated heterocycles. The van der Waals surface area contributed by atoms with Gasteiger partial charge in [-0.05, 0) is 0 Å². The number of anilines is 2. The van der Waals surface area contributed by atoms with E-state index in [2.05, 4.69) is 20.6 Å². The summed E-state index contributed by atoms with van der Waals surface area (Å²) in [6.45, 7) is 0.782. The molecule has 2 N–H and O–H groups in total. The first kappa shape index (κ1) is 7.69. The molecule has 6 nitrogen and oxygen atoms in total. The summed E-state index contributed by atoms with van der Waals surface area (Å²) in [5.74, 6) is 0.578. The number of carbonyl (C=O) groups is 1. The highest BCUT2D eigenvalue weighted by Gasteiger charge is 2.49. The number of carbonyl (C=O) groups excluding carboxylic acids is 1. The summed E-state index contributed by atoms with van der Waals surface area (Å²) in [4.78, 5) is 19.5. The molecule has 1 aromatic rings. The Morgan fingerprint density at radius 1 is 1.50 bits per heavy atom. The van der Waals surface area contributed by atoms with Crippen LogP contribution in [0.15, 0.2) is 12.5 Å². The van der Waals surface area contributed by atoms with Crippen LogP contribution in [-0.4, -0.2) is 34.6 Å². The van der Waals surface area contributed by atoms with Gasteiger partial charge in [0, 0.05) is 0 Å². The van der Waals surface area contributed by atoms with Crippen molar-refractivity contribution in [3.8, 4) is 0 Å². The van der Waals surface area contributed by atoms with Gasteiger partial charge in [0.25, 0.3) is 5.91 Å². The first-order chi connectivity index (χ1) is 6.80. The number of fused-ring (bicyclic) bond motifs is 1. The normalized spacial score (nSPS) is 21.9. The third-order valence-corrected chi connectivity index (χ3v) is 2.45. The number of nitrogens with zero attached hydrogens (tertiary/aromatic N) is 2. The fourth-order valence-electron chi connectivity index (χ4n) is 1.56. The number of hydrogen-bond donors (Lipinski definition) is 2. The van der Waals surface area contributed by atoms with E-state index in [1.807, 2.05) is 0 Å². The zero-order valence-electron chi connectivity index (χ0n) is 7.28. The molecule has 6 heteroatoms. The summed E-state index contributed by atoms with van der Waals surface area (Å²) in [5, 5.41) is 5.82. The Bertz CT molecular complexity index is 402. The molecule has 1 aromatic heterocycles. The summed E-state index contributed by atoms with van der Waals surface area (Å²) in [6, 6.07) is 0. The molecular formula is C8H8N4O2. The summed E-state index contributed by atoms with van der Waals surface area (Å²) >= 11 is 0. The van der Waals surface area contributed by atoms with Gasteiger partial charge in [-0.25, -0.2) is 9.97 Å². The Morgan fingerprint density at radius 2 is 2.36 bits per heavy atom. The summed E-state index contributed by atoms with van der Waals surface area (Å²) in [5.41, 5.74) is 0.0106. The van der Waals surface area contributed by atoms with Gasteiger partial charge in [-0.2, -0.15) is 0 Å². The Balaban J connectivity index is 2.03. The van der Waals surface area contributed by atoms with Crippen LogP contribution in [0, 0.1) is 0 Å². The minimum Gasteiger partial charge on any atom is -0.375 e. The molecule has 0 aromatic carbocycles. The van der Waals surface area contributed by atoms with E-state index in [1.165, 1.54) is 6.33 Å².